The van der Waals surface area contributed by atoms with E-state index >= 15 is 0 Å². The van der Waals surface area contributed by atoms with Gasteiger partial charge in [0.1, 0.15) is 0 Å². The van der Waals surface area contributed by atoms with Crippen molar-refractivity contribution in [2.24, 2.45) is 5.92 Å². The highest BCUT2D eigenvalue weighted by Gasteiger charge is 2.18. The lowest BCUT2D eigenvalue weighted by atomic mass is 9.98. The van der Waals surface area contributed by atoms with E-state index in [2.05, 4.69) is 41.7 Å². The fourth-order valence-corrected chi connectivity index (χ4v) is 3.14. The third kappa shape index (κ3) is 4.56. The summed E-state index contributed by atoms with van der Waals surface area (Å²) in [7, 11) is 0. The molecule has 0 saturated carbocycles. The fraction of sp³-hybridized carbons (Fsp3) is 0.286. The van der Waals surface area contributed by atoms with Crippen LogP contribution in [0, 0.1) is 5.92 Å². The molecule has 0 spiro atoms. The van der Waals surface area contributed by atoms with E-state index < -0.39 is 0 Å². The van der Waals surface area contributed by atoms with Gasteiger partial charge in [-0.2, -0.15) is 0 Å². The number of amides is 1. The molecule has 1 aliphatic carbocycles. The Kier molecular flexibility index (Phi) is 5.25. The zero-order valence-electron chi connectivity index (χ0n) is 13.3. The molecule has 2 atom stereocenters. The maximum Gasteiger partial charge on any atom is 0.221 e. The van der Waals surface area contributed by atoms with Crippen LogP contribution in [0.4, 0.5) is 0 Å². The summed E-state index contributed by atoms with van der Waals surface area (Å²) in [6, 6.07) is 20.6. The Bertz CT molecular complexity index is 648. The maximum absolute atomic E-state index is 12.4. The van der Waals surface area contributed by atoms with Crippen LogP contribution in [-0.4, -0.2) is 5.91 Å². The van der Waals surface area contributed by atoms with Crippen LogP contribution in [0.25, 0.3) is 0 Å². The molecule has 118 valence electrons. The molecule has 2 aromatic carbocycles. The second kappa shape index (κ2) is 7.77. The van der Waals surface area contributed by atoms with Gasteiger partial charge in [-0.1, -0.05) is 72.8 Å². The molecule has 0 fully saturated rings. The van der Waals surface area contributed by atoms with Crippen LogP contribution in [0.15, 0.2) is 72.8 Å². The van der Waals surface area contributed by atoms with Gasteiger partial charge in [0.05, 0.1) is 6.04 Å². The van der Waals surface area contributed by atoms with E-state index in [1.807, 2.05) is 36.4 Å². The molecule has 0 radical (unpaired) electrons. The van der Waals surface area contributed by atoms with E-state index in [0.717, 1.165) is 24.8 Å². The number of allylic oxidation sites excluding steroid dienone is 2. The number of nitrogens with one attached hydrogen (secondary N) is 1. The first-order valence-electron chi connectivity index (χ1n) is 8.36. The summed E-state index contributed by atoms with van der Waals surface area (Å²) in [5.41, 5.74) is 2.40. The van der Waals surface area contributed by atoms with Crippen molar-refractivity contribution in [3.05, 3.63) is 83.9 Å². The zero-order valence-corrected chi connectivity index (χ0v) is 13.3. The molecule has 2 heteroatoms. The predicted octanol–water partition coefficient (Wildman–Crippen LogP) is 4.44. The van der Waals surface area contributed by atoms with Crippen LogP contribution in [0.5, 0.6) is 0 Å². The van der Waals surface area contributed by atoms with Gasteiger partial charge in [-0.05, 0) is 36.3 Å². The molecule has 0 aromatic heterocycles. The summed E-state index contributed by atoms with van der Waals surface area (Å²) < 4.78 is 0. The number of carbonyl (C=O) groups is 1. The summed E-state index contributed by atoms with van der Waals surface area (Å²) in [5.74, 6) is 0.550. The van der Waals surface area contributed by atoms with Gasteiger partial charge in [-0.3, -0.25) is 4.79 Å². The molecule has 0 unspecified atom stereocenters. The van der Waals surface area contributed by atoms with Gasteiger partial charge in [0, 0.05) is 6.42 Å². The summed E-state index contributed by atoms with van der Waals surface area (Å²) in [4.78, 5) is 12.4. The minimum Gasteiger partial charge on any atom is -0.349 e. The van der Waals surface area contributed by atoms with Gasteiger partial charge in [-0.25, -0.2) is 0 Å². The molecular weight excluding hydrogens is 282 g/mol. The average molecular weight is 305 g/mol. The van der Waals surface area contributed by atoms with Crippen molar-refractivity contribution < 1.29 is 4.79 Å². The minimum absolute atomic E-state index is 0.0245. The van der Waals surface area contributed by atoms with Crippen LogP contribution >= 0.6 is 0 Å². The van der Waals surface area contributed by atoms with Crippen molar-refractivity contribution in [3.63, 3.8) is 0 Å². The summed E-state index contributed by atoms with van der Waals surface area (Å²) in [6.07, 6.45) is 7.96. The van der Waals surface area contributed by atoms with Crippen LogP contribution in [0.2, 0.25) is 0 Å². The first-order valence-corrected chi connectivity index (χ1v) is 8.36. The molecule has 0 saturated heterocycles. The van der Waals surface area contributed by atoms with Crippen LogP contribution in [-0.2, 0) is 11.2 Å². The lowest BCUT2D eigenvalue weighted by molar-refractivity contribution is -0.122. The predicted molar refractivity (Wildman–Crippen MR) is 94.0 cm³/mol. The second-order valence-corrected chi connectivity index (χ2v) is 6.19. The molecule has 0 bridgehead atoms. The number of benzene rings is 2. The minimum atomic E-state index is 0.0245. The first kappa shape index (κ1) is 15.5. The zero-order chi connectivity index (χ0) is 15.9. The van der Waals surface area contributed by atoms with Crippen molar-refractivity contribution in [2.45, 2.75) is 31.7 Å². The number of carbonyl (C=O) groups excluding carboxylic acids is 1. The molecule has 23 heavy (non-hydrogen) atoms. The Morgan fingerprint density at radius 2 is 1.74 bits per heavy atom. The summed E-state index contributed by atoms with van der Waals surface area (Å²) in [5, 5.41) is 3.24. The lowest BCUT2D eigenvalue weighted by Crippen LogP contribution is -2.30. The maximum atomic E-state index is 12.4. The Morgan fingerprint density at radius 1 is 1.04 bits per heavy atom. The summed E-state index contributed by atoms with van der Waals surface area (Å²) >= 11 is 0. The van der Waals surface area contributed by atoms with Gasteiger partial charge < -0.3 is 5.32 Å². The molecule has 3 rings (SSSR count). The van der Waals surface area contributed by atoms with E-state index in [1.165, 1.54) is 5.56 Å². The highest BCUT2D eigenvalue weighted by Crippen LogP contribution is 2.22. The number of hydrogen-bond donors (Lipinski definition) is 1. The van der Waals surface area contributed by atoms with Crippen molar-refractivity contribution in [1.82, 2.24) is 5.32 Å². The van der Waals surface area contributed by atoms with Crippen LogP contribution in [0.1, 0.15) is 36.4 Å². The Morgan fingerprint density at radius 3 is 2.39 bits per heavy atom. The van der Waals surface area contributed by atoms with E-state index in [0.29, 0.717) is 12.3 Å². The Balaban J connectivity index is 1.69. The molecule has 1 amide bonds. The van der Waals surface area contributed by atoms with E-state index in [-0.39, 0.29) is 11.9 Å². The molecule has 0 heterocycles. The third-order valence-corrected chi connectivity index (χ3v) is 4.38. The monoisotopic (exact) mass is 305 g/mol. The SMILES string of the molecule is O=C(C[C@@H]1C=CCC1)N[C@H](Cc1ccccc1)c1ccccc1. The van der Waals surface area contributed by atoms with Gasteiger partial charge in [0.15, 0.2) is 0 Å². The van der Waals surface area contributed by atoms with E-state index in [9.17, 15) is 4.79 Å². The highest BCUT2D eigenvalue weighted by molar-refractivity contribution is 5.77. The van der Waals surface area contributed by atoms with Crippen molar-refractivity contribution >= 4 is 5.91 Å². The smallest absolute Gasteiger partial charge is 0.221 e. The first-order chi connectivity index (χ1) is 11.3. The van der Waals surface area contributed by atoms with Crippen molar-refractivity contribution in [1.29, 1.82) is 0 Å². The molecule has 2 aromatic rings. The quantitative estimate of drug-likeness (QED) is 0.785. The largest absolute Gasteiger partial charge is 0.349 e. The standard InChI is InChI=1S/C21H23NO/c23-21(16-18-11-7-8-12-18)22-20(19-13-5-2-6-14-19)15-17-9-3-1-4-10-17/h1-7,9-11,13-14,18,20H,8,12,15-16H2,(H,22,23)/t18-,20-/m1/s1. The number of rotatable bonds is 6. The van der Waals surface area contributed by atoms with E-state index in [4.69, 9.17) is 0 Å². The average Bonchev–Trinajstić information content (AvgIpc) is 3.09. The van der Waals surface area contributed by atoms with Crippen molar-refractivity contribution in [2.75, 3.05) is 0 Å². The second-order valence-electron chi connectivity index (χ2n) is 6.19. The van der Waals surface area contributed by atoms with Gasteiger partial charge in [0.25, 0.3) is 0 Å². The topological polar surface area (TPSA) is 29.1 Å². The lowest BCUT2D eigenvalue weighted by Gasteiger charge is -2.20. The molecule has 0 aliphatic heterocycles. The third-order valence-electron chi connectivity index (χ3n) is 4.38. The Labute approximate surface area is 138 Å². The molecule has 1 N–H and O–H groups in total. The highest BCUT2D eigenvalue weighted by atomic mass is 16.1. The van der Waals surface area contributed by atoms with Crippen molar-refractivity contribution in [3.8, 4) is 0 Å². The number of hydrogen-bond acceptors (Lipinski definition) is 1. The summed E-state index contributed by atoms with van der Waals surface area (Å²) in [6.45, 7) is 0. The van der Waals surface area contributed by atoms with Gasteiger partial charge in [0.2, 0.25) is 5.91 Å². The fourth-order valence-electron chi connectivity index (χ4n) is 3.14. The molecule has 1 aliphatic rings. The Hall–Kier alpha value is -2.35. The van der Waals surface area contributed by atoms with Crippen LogP contribution in [0.3, 0.4) is 0 Å². The van der Waals surface area contributed by atoms with Gasteiger partial charge >= 0.3 is 0 Å². The van der Waals surface area contributed by atoms with Gasteiger partial charge in [-0.15, -0.1) is 0 Å². The van der Waals surface area contributed by atoms with E-state index in [1.54, 1.807) is 0 Å². The normalized spacial score (nSPS) is 17.8. The molecule has 2 nitrogen and oxygen atoms in total. The van der Waals surface area contributed by atoms with Crippen LogP contribution < -0.4 is 5.32 Å². The molecular formula is C21H23NO.